The van der Waals surface area contributed by atoms with Crippen molar-refractivity contribution in [3.63, 3.8) is 0 Å². The molecule has 1 heterocycles. The Hall–Kier alpha value is -1.67. The fraction of sp³-hybridized carbons (Fsp3) is 0.143. The molecule has 2 heteroatoms. The molecule has 1 radical (unpaired) electrons. The maximum atomic E-state index is 9.07. The maximum Gasteiger partial charge on any atom is 0.0705 e. The average molecular weight is 212 g/mol. The van der Waals surface area contributed by atoms with Gasteiger partial charge in [-0.15, -0.1) is 0 Å². The lowest BCUT2D eigenvalue weighted by atomic mass is 10.1. The van der Waals surface area contributed by atoms with Crippen molar-refractivity contribution in [3.8, 4) is 11.3 Å². The molecular formula is C14H14NO. The van der Waals surface area contributed by atoms with Gasteiger partial charge < -0.3 is 5.11 Å². The van der Waals surface area contributed by atoms with Crippen molar-refractivity contribution in [1.82, 2.24) is 4.98 Å². The number of aliphatic hydroxyl groups is 1. The summed E-state index contributed by atoms with van der Waals surface area (Å²) in [6.07, 6.45) is 0. The van der Waals surface area contributed by atoms with E-state index in [-0.39, 0.29) is 6.61 Å². The van der Waals surface area contributed by atoms with Crippen LogP contribution in [0.2, 0.25) is 0 Å². The predicted octanol–water partition coefficient (Wildman–Crippen LogP) is 2.73. The van der Waals surface area contributed by atoms with E-state index in [2.05, 4.69) is 11.9 Å². The number of benzene rings is 1. The van der Waals surface area contributed by atoms with Crippen molar-refractivity contribution in [1.29, 1.82) is 0 Å². The number of aliphatic hydroxyl groups excluding tert-OH is 1. The van der Waals surface area contributed by atoms with Gasteiger partial charge in [0.25, 0.3) is 0 Å². The molecule has 0 amide bonds. The second-order valence-corrected chi connectivity index (χ2v) is 3.82. The average Bonchev–Trinajstić information content (AvgIpc) is 2.33. The third-order valence-electron chi connectivity index (χ3n) is 2.61. The summed E-state index contributed by atoms with van der Waals surface area (Å²) < 4.78 is 0. The third-order valence-corrected chi connectivity index (χ3v) is 2.61. The second kappa shape index (κ2) is 4.45. The van der Waals surface area contributed by atoms with Crippen molar-refractivity contribution < 1.29 is 5.11 Å². The van der Waals surface area contributed by atoms with Gasteiger partial charge >= 0.3 is 0 Å². The van der Waals surface area contributed by atoms with Gasteiger partial charge in [0, 0.05) is 11.3 Å². The van der Waals surface area contributed by atoms with E-state index >= 15 is 0 Å². The molecule has 0 aliphatic carbocycles. The Balaban J connectivity index is 2.46. The molecule has 0 aliphatic heterocycles. The molecule has 0 saturated carbocycles. The Morgan fingerprint density at radius 3 is 2.75 bits per heavy atom. The van der Waals surface area contributed by atoms with Crippen LogP contribution in [0.5, 0.6) is 0 Å². The zero-order chi connectivity index (χ0) is 11.5. The van der Waals surface area contributed by atoms with Crippen molar-refractivity contribution in [2.24, 2.45) is 0 Å². The van der Waals surface area contributed by atoms with Crippen LogP contribution in [0.3, 0.4) is 0 Å². The fourth-order valence-corrected chi connectivity index (χ4v) is 1.56. The molecular weight excluding hydrogens is 198 g/mol. The Bertz CT molecular complexity index is 506. The third kappa shape index (κ3) is 2.12. The zero-order valence-electron chi connectivity index (χ0n) is 9.27. The van der Waals surface area contributed by atoms with Gasteiger partial charge in [-0.2, -0.15) is 0 Å². The lowest BCUT2D eigenvalue weighted by Gasteiger charge is -2.05. The van der Waals surface area contributed by atoms with E-state index < -0.39 is 0 Å². The molecule has 16 heavy (non-hydrogen) atoms. The summed E-state index contributed by atoms with van der Waals surface area (Å²) in [6, 6.07) is 11.7. The van der Waals surface area contributed by atoms with Gasteiger partial charge in [-0.25, -0.2) is 0 Å². The van der Waals surface area contributed by atoms with Gasteiger partial charge in [-0.1, -0.05) is 24.3 Å². The molecule has 2 rings (SSSR count). The molecule has 1 N–H and O–H groups in total. The first-order valence-corrected chi connectivity index (χ1v) is 5.20. The van der Waals surface area contributed by atoms with Crippen molar-refractivity contribution >= 4 is 0 Å². The summed E-state index contributed by atoms with van der Waals surface area (Å²) in [7, 11) is 0. The molecule has 0 saturated heterocycles. The minimum Gasteiger partial charge on any atom is -0.392 e. The van der Waals surface area contributed by atoms with Crippen LogP contribution in [0.25, 0.3) is 11.3 Å². The van der Waals surface area contributed by atoms with Crippen LogP contribution >= 0.6 is 0 Å². The molecule has 0 spiro atoms. The molecule has 2 aromatic rings. The van der Waals surface area contributed by atoms with Crippen LogP contribution in [0.4, 0.5) is 0 Å². The van der Waals surface area contributed by atoms with Crippen LogP contribution in [0, 0.1) is 13.8 Å². The standard InChI is InChI=1S/C14H14NO/c1-10-6-7-14(15-11(10)2)13-5-3-4-12(8-13)9-16/h3-8,16H,2,9H2,1H3. The van der Waals surface area contributed by atoms with Crippen LogP contribution in [-0.2, 0) is 6.61 Å². The van der Waals surface area contributed by atoms with Crippen molar-refractivity contribution in [3.05, 3.63) is 60.1 Å². The van der Waals surface area contributed by atoms with Crippen LogP contribution < -0.4 is 0 Å². The van der Waals surface area contributed by atoms with Gasteiger partial charge in [0.2, 0.25) is 0 Å². The molecule has 1 aromatic carbocycles. The highest BCUT2D eigenvalue weighted by Crippen LogP contribution is 2.19. The van der Waals surface area contributed by atoms with E-state index in [1.165, 1.54) is 0 Å². The largest absolute Gasteiger partial charge is 0.392 e. The summed E-state index contributed by atoms with van der Waals surface area (Å²) in [5.74, 6) is 0. The number of pyridine rings is 1. The van der Waals surface area contributed by atoms with E-state index in [4.69, 9.17) is 5.11 Å². The van der Waals surface area contributed by atoms with E-state index in [0.717, 1.165) is 28.1 Å². The topological polar surface area (TPSA) is 33.1 Å². The lowest BCUT2D eigenvalue weighted by Crippen LogP contribution is -1.91. The first-order valence-electron chi connectivity index (χ1n) is 5.20. The first-order chi connectivity index (χ1) is 7.70. The van der Waals surface area contributed by atoms with E-state index in [9.17, 15) is 0 Å². The highest BCUT2D eigenvalue weighted by atomic mass is 16.3. The van der Waals surface area contributed by atoms with Gasteiger partial charge in [0.1, 0.15) is 0 Å². The zero-order valence-corrected chi connectivity index (χ0v) is 9.27. The molecule has 2 nitrogen and oxygen atoms in total. The molecule has 81 valence electrons. The van der Waals surface area contributed by atoms with Crippen LogP contribution in [-0.4, -0.2) is 10.1 Å². The second-order valence-electron chi connectivity index (χ2n) is 3.82. The summed E-state index contributed by atoms with van der Waals surface area (Å²) in [4.78, 5) is 4.43. The molecule has 0 bridgehead atoms. The highest BCUT2D eigenvalue weighted by Gasteiger charge is 2.02. The Kier molecular flexibility index (Phi) is 3.02. The Labute approximate surface area is 95.6 Å². The molecule has 0 fully saturated rings. The molecule has 0 unspecified atom stereocenters. The van der Waals surface area contributed by atoms with E-state index in [0.29, 0.717) is 0 Å². The number of hydrogen-bond donors (Lipinski definition) is 1. The maximum absolute atomic E-state index is 9.07. The van der Waals surface area contributed by atoms with Gasteiger partial charge in [0.05, 0.1) is 12.3 Å². The number of nitrogens with zero attached hydrogens (tertiary/aromatic N) is 1. The smallest absolute Gasteiger partial charge is 0.0705 e. The molecule has 0 atom stereocenters. The number of aromatic nitrogens is 1. The number of aryl methyl sites for hydroxylation is 1. The highest BCUT2D eigenvalue weighted by molar-refractivity contribution is 5.60. The summed E-state index contributed by atoms with van der Waals surface area (Å²) in [5.41, 5.74) is 4.68. The van der Waals surface area contributed by atoms with Gasteiger partial charge in [-0.05, 0) is 37.1 Å². The van der Waals surface area contributed by atoms with E-state index in [1.807, 2.05) is 43.3 Å². The Morgan fingerprint density at radius 2 is 2.06 bits per heavy atom. The number of hydrogen-bond acceptors (Lipinski definition) is 2. The molecule has 0 aliphatic rings. The van der Waals surface area contributed by atoms with Crippen LogP contribution in [0.1, 0.15) is 16.8 Å². The summed E-state index contributed by atoms with van der Waals surface area (Å²) in [6.45, 7) is 5.93. The van der Waals surface area contributed by atoms with Crippen molar-refractivity contribution in [2.45, 2.75) is 13.5 Å². The van der Waals surface area contributed by atoms with Crippen LogP contribution in [0.15, 0.2) is 36.4 Å². The normalized spacial score (nSPS) is 10.4. The minimum absolute atomic E-state index is 0.0525. The minimum atomic E-state index is 0.0525. The quantitative estimate of drug-likeness (QED) is 0.830. The number of rotatable bonds is 2. The monoisotopic (exact) mass is 212 g/mol. The fourth-order valence-electron chi connectivity index (χ4n) is 1.56. The van der Waals surface area contributed by atoms with Crippen molar-refractivity contribution in [2.75, 3.05) is 0 Å². The Morgan fingerprint density at radius 1 is 1.25 bits per heavy atom. The first kappa shape index (κ1) is 10.8. The summed E-state index contributed by atoms with van der Waals surface area (Å²) >= 11 is 0. The molecule has 1 aromatic heterocycles. The lowest BCUT2D eigenvalue weighted by molar-refractivity contribution is 0.282. The summed E-state index contributed by atoms with van der Waals surface area (Å²) in [5, 5.41) is 9.07. The van der Waals surface area contributed by atoms with Gasteiger partial charge in [-0.3, -0.25) is 4.98 Å². The van der Waals surface area contributed by atoms with E-state index in [1.54, 1.807) is 0 Å². The van der Waals surface area contributed by atoms with Gasteiger partial charge in [0.15, 0.2) is 0 Å². The SMILES string of the molecule is [CH2]c1nc(-c2cccc(CO)c2)ccc1C. The predicted molar refractivity (Wildman–Crippen MR) is 64.8 cm³/mol.